The maximum Gasteiger partial charge on any atom is 0.339 e. The van der Waals surface area contributed by atoms with Crippen LogP contribution in [0.5, 0.6) is 0 Å². The molecule has 0 aliphatic heterocycles. The van der Waals surface area contributed by atoms with Crippen LogP contribution in [0.4, 0.5) is 0 Å². The molecule has 0 aliphatic rings. The van der Waals surface area contributed by atoms with Crippen molar-refractivity contribution in [1.82, 2.24) is 14.3 Å². The van der Waals surface area contributed by atoms with Gasteiger partial charge in [0.2, 0.25) is 0 Å². The second kappa shape index (κ2) is 4.23. The number of carboxylic acids is 1. The first-order chi connectivity index (χ1) is 9.49. The van der Waals surface area contributed by atoms with Gasteiger partial charge < -0.3 is 9.67 Å². The molecule has 1 aromatic carbocycles. The molecule has 102 valence electrons. The molecule has 2 aromatic heterocycles. The van der Waals surface area contributed by atoms with Gasteiger partial charge in [-0.3, -0.25) is 4.68 Å². The molecule has 0 fully saturated rings. The van der Waals surface area contributed by atoms with Gasteiger partial charge in [0.25, 0.3) is 0 Å². The Balaban J connectivity index is 2.33. The molecule has 0 spiro atoms. The zero-order valence-electron chi connectivity index (χ0n) is 11.6. The van der Waals surface area contributed by atoms with E-state index in [0.717, 1.165) is 16.6 Å². The fourth-order valence-corrected chi connectivity index (χ4v) is 2.59. The van der Waals surface area contributed by atoms with Crippen LogP contribution in [0.2, 0.25) is 0 Å². The SMILES string of the molecule is Cc1ccc2c(c1)cc(-c1c(C(=O)O)cnn1C)n2C. The summed E-state index contributed by atoms with van der Waals surface area (Å²) in [4.78, 5) is 11.3. The van der Waals surface area contributed by atoms with Gasteiger partial charge in [0, 0.05) is 25.0 Å². The van der Waals surface area contributed by atoms with Crippen LogP contribution in [0, 0.1) is 6.92 Å². The van der Waals surface area contributed by atoms with Crippen LogP contribution in [-0.4, -0.2) is 25.4 Å². The summed E-state index contributed by atoms with van der Waals surface area (Å²) in [6, 6.07) is 8.19. The Morgan fingerprint density at radius 1 is 1.25 bits per heavy atom. The Kier molecular flexibility index (Phi) is 2.64. The van der Waals surface area contributed by atoms with Crippen LogP contribution in [0.1, 0.15) is 15.9 Å². The highest BCUT2D eigenvalue weighted by atomic mass is 16.4. The predicted molar refractivity (Wildman–Crippen MR) is 76.8 cm³/mol. The van der Waals surface area contributed by atoms with Crippen LogP contribution in [0.15, 0.2) is 30.5 Å². The van der Waals surface area contributed by atoms with E-state index >= 15 is 0 Å². The van der Waals surface area contributed by atoms with E-state index in [2.05, 4.69) is 11.2 Å². The summed E-state index contributed by atoms with van der Waals surface area (Å²) in [5.74, 6) is -0.963. The molecule has 0 amide bonds. The molecule has 0 saturated carbocycles. The van der Waals surface area contributed by atoms with Crippen LogP contribution in [0.25, 0.3) is 22.3 Å². The van der Waals surface area contributed by atoms with Crippen LogP contribution >= 0.6 is 0 Å². The van der Waals surface area contributed by atoms with Crippen molar-refractivity contribution < 1.29 is 9.90 Å². The predicted octanol–water partition coefficient (Wildman–Crippen LogP) is 2.59. The lowest BCUT2D eigenvalue weighted by molar-refractivity contribution is 0.0697. The molecule has 20 heavy (non-hydrogen) atoms. The maximum atomic E-state index is 11.3. The van der Waals surface area contributed by atoms with Crippen molar-refractivity contribution in [3.63, 3.8) is 0 Å². The fourth-order valence-electron chi connectivity index (χ4n) is 2.59. The molecular weight excluding hydrogens is 254 g/mol. The van der Waals surface area contributed by atoms with Crippen LogP contribution in [-0.2, 0) is 14.1 Å². The molecule has 0 saturated heterocycles. The zero-order valence-corrected chi connectivity index (χ0v) is 11.6. The molecule has 2 heterocycles. The number of carboxylic acid groups (broad SMARTS) is 1. The third-order valence-electron chi connectivity index (χ3n) is 3.61. The van der Waals surface area contributed by atoms with Crippen molar-refractivity contribution in [2.75, 3.05) is 0 Å². The smallest absolute Gasteiger partial charge is 0.339 e. The normalized spacial score (nSPS) is 11.2. The monoisotopic (exact) mass is 269 g/mol. The van der Waals surface area contributed by atoms with Gasteiger partial charge >= 0.3 is 5.97 Å². The van der Waals surface area contributed by atoms with E-state index in [-0.39, 0.29) is 5.56 Å². The van der Waals surface area contributed by atoms with E-state index in [1.54, 1.807) is 11.7 Å². The second-order valence-corrected chi connectivity index (χ2v) is 4.99. The van der Waals surface area contributed by atoms with E-state index in [0.29, 0.717) is 5.69 Å². The number of aromatic nitrogens is 3. The molecule has 5 heteroatoms. The minimum absolute atomic E-state index is 0.218. The number of aryl methyl sites for hydroxylation is 3. The molecule has 0 radical (unpaired) electrons. The number of hydrogen-bond donors (Lipinski definition) is 1. The fraction of sp³-hybridized carbons (Fsp3) is 0.200. The summed E-state index contributed by atoms with van der Waals surface area (Å²) < 4.78 is 3.60. The van der Waals surface area contributed by atoms with Gasteiger partial charge in [0.1, 0.15) is 5.56 Å². The average Bonchev–Trinajstić information content (AvgIpc) is 2.90. The molecule has 0 aliphatic carbocycles. The Bertz CT molecular complexity index is 827. The Hall–Kier alpha value is -2.56. The largest absolute Gasteiger partial charge is 0.478 e. The second-order valence-electron chi connectivity index (χ2n) is 4.99. The van der Waals surface area contributed by atoms with E-state index in [4.69, 9.17) is 0 Å². The number of nitrogens with zero attached hydrogens (tertiary/aromatic N) is 3. The van der Waals surface area contributed by atoms with Crippen molar-refractivity contribution >= 4 is 16.9 Å². The number of hydrogen-bond acceptors (Lipinski definition) is 2. The first kappa shape index (κ1) is 12.5. The van der Waals surface area contributed by atoms with Gasteiger partial charge in [-0.1, -0.05) is 11.6 Å². The molecule has 0 unspecified atom stereocenters. The minimum Gasteiger partial charge on any atom is -0.478 e. The Morgan fingerprint density at radius 2 is 2.00 bits per heavy atom. The van der Waals surface area contributed by atoms with E-state index in [1.165, 1.54) is 11.8 Å². The summed E-state index contributed by atoms with van der Waals surface area (Å²) >= 11 is 0. The number of fused-ring (bicyclic) bond motifs is 1. The van der Waals surface area contributed by atoms with Crippen LogP contribution < -0.4 is 0 Å². The molecule has 1 N–H and O–H groups in total. The highest BCUT2D eigenvalue weighted by molar-refractivity contribution is 5.96. The van der Waals surface area contributed by atoms with Crippen molar-refractivity contribution in [3.8, 4) is 11.4 Å². The Morgan fingerprint density at radius 3 is 2.70 bits per heavy atom. The van der Waals surface area contributed by atoms with Crippen molar-refractivity contribution in [2.24, 2.45) is 14.1 Å². The topological polar surface area (TPSA) is 60.0 Å². The molecule has 0 atom stereocenters. The molecule has 0 bridgehead atoms. The highest BCUT2D eigenvalue weighted by Gasteiger charge is 2.20. The summed E-state index contributed by atoms with van der Waals surface area (Å²) in [7, 11) is 3.69. The Labute approximate surface area is 116 Å². The first-order valence-electron chi connectivity index (χ1n) is 6.31. The van der Waals surface area contributed by atoms with Gasteiger partial charge in [-0.15, -0.1) is 0 Å². The average molecular weight is 269 g/mol. The summed E-state index contributed by atoms with van der Waals surface area (Å²) in [6.07, 6.45) is 1.39. The standard InChI is InChI=1S/C15H15N3O2/c1-9-4-5-12-10(6-9)7-13(17(12)2)14-11(15(19)20)8-16-18(14)3/h4-8H,1-3H3,(H,19,20). The quantitative estimate of drug-likeness (QED) is 0.778. The lowest BCUT2D eigenvalue weighted by Gasteiger charge is -2.06. The van der Waals surface area contributed by atoms with E-state index < -0.39 is 5.97 Å². The molecule has 3 rings (SSSR count). The van der Waals surface area contributed by atoms with E-state index in [9.17, 15) is 9.90 Å². The number of rotatable bonds is 2. The third-order valence-corrected chi connectivity index (χ3v) is 3.61. The number of carbonyl (C=O) groups is 1. The zero-order chi connectivity index (χ0) is 14.4. The summed E-state index contributed by atoms with van der Waals surface area (Å²) in [5, 5.41) is 14.5. The summed E-state index contributed by atoms with van der Waals surface area (Å²) in [5.41, 5.74) is 3.94. The summed E-state index contributed by atoms with van der Waals surface area (Å²) in [6.45, 7) is 2.04. The number of aromatic carboxylic acids is 1. The first-order valence-corrected chi connectivity index (χ1v) is 6.31. The van der Waals surface area contributed by atoms with Gasteiger partial charge in [-0.05, 0) is 25.1 Å². The van der Waals surface area contributed by atoms with E-state index in [1.807, 2.05) is 36.7 Å². The van der Waals surface area contributed by atoms with Crippen molar-refractivity contribution in [1.29, 1.82) is 0 Å². The maximum absolute atomic E-state index is 11.3. The highest BCUT2D eigenvalue weighted by Crippen LogP contribution is 2.29. The molecule has 5 nitrogen and oxygen atoms in total. The van der Waals surface area contributed by atoms with Gasteiger partial charge in [0.05, 0.1) is 17.6 Å². The molecular formula is C15H15N3O2. The van der Waals surface area contributed by atoms with Gasteiger partial charge in [-0.25, -0.2) is 4.79 Å². The third kappa shape index (κ3) is 1.71. The van der Waals surface area contributed by atoms with Crippen LogP contribution in [0.3, 0.4) is 0 Å². The van der Waals surface area contributed by atoms with Gasteiger partial charge in [0.15, 0.2) is 0 Å². The minimum atomic E-state index is -0.963. The molecule has 3 aromatic rings. The lowest BCUT2D eigenvalue weighted by Crippen LogP contribution is -2.03. The van der Waals surface area contributed by atoms with Gasteiger partial charge in [-0.2, -0.15) is 5.10 Å². The lowest BCUT2D eigenvalue weighted by atomic mass is 10.1. The van der Waals surface area contributed by atoms with Crippen molar-refractivity contribution in [2.45, 2.75) is 6.92 Å². The van der Waals surface area contributed by atoms with Crippen molar-refractivity contribution in [3.05, 3.63) is 41.6 Å². The number of benzene rings is 1.